The lowest BCUT2D eigenvalue weighted by Crippen LogP contribution is -2.35. The van der Waals surface area contributed by atoms with E-state index >= 15 is 0 Å². The summed E-state index contributed by atoms with van der Waals surface area (Å²) in [5.74, 6) is 0.561. The van der Waals surface area contributed by atoms with Crippen LogP contribution in [0.5, 0.6) is 5.75 Å². The van der Waals surface area contributed by atoms with Crippen molar-refractivity contribution in [2.75, 3.05) is 30.8 Å². The van der Waals surface area contributed by atoms with Crippen molar-refractivity contribution in [3.05, 3.63) is 36.2 Å². The van der Waals surface area contributed by atoms with Gasteiger partial charge in [0.15, 0.2) is 23.0 Å². The Kier molecular flexibility index (Phi) is 5.06. The van der Waals surface area contributed by atoms with Gasteiger partial charge in [0.2, 0.25) is 5.95 Å². The zero-order valence-corrected chi connectivity index (χ0v) is 19.9. The minimum Gasteiger partial charge on any atom is -0.494 e. The maximum absolute atomic E-state index is 14.4. The third kappa shape index (κ3) is 3.65. The Morgan fingerprint density at radius 2 is 2.09 bits per heavy atom. The molecule has 0 unspecified atom stereocenters. The Bertz CT molecular complexity index is 1410. The number of nitrogens with zero attached hydrogens (tertiary/aromatic N) is 7. The minimum atomic E-state index is -0.728. The van der Waals surface area contributed by atoms with Gasteiger partial charge in [-0.15, -0.1) is 5.10 Å². The minimum absolute atomic E-state index is 0.000260. The molecule has 0 amide bonds. The molecule has 1 aromatic carbocycles. The van der Waals surface area contributed by atoms with Gasteiger partial charge in [0.1, 0.15) is 0 Å². The third-order valence-electron chi connectivity index (χ3n) is 7.52. The lowest BCUT2D eigenvalue weighted by molar-refractivity contribution is 0.0222. The van der Waals surface area contributed by atoms with Crippen LogP contribution in [-0.2, 0) is 0 Å². The van der Waals surface area contributed by atoms with Gasteiger partial charge in [0, 0.05) is 36.7 Å². The number of nitrogens with two attached hydrogens (primary N) is 1. The maximum atomic E-state index is 14.4. The smallest absolute Gasteiger partial charge is 0.223 e. The van der Waals surface area contributed by atoms with Crippen LogP contribution in [0.1, 0.15) is 56.8 Å². The van der Waals surface area contributed by atoms with Crippen molar-refractivity contribution in [3.63, 3.8) is 0 Å². The van der Waals surface area contributed by atoms with Gasteiger partial charge in [-0.3, -0.25) is 4.68 Å². The number of ether oxygens (including phenoxy) is 1. The first-order chi connectivity index (χ1) is 16.8. The predicted octanol–water partition coefficient (Wildman–Crippen LogP) is 3.06. The lowest BCUT2D eigenvalue weighted by atomic mass is 9.97. The molecule has 3 atom stereocenters. The van der Waals surface area contributed by atoms with Crippen LogP contribution in [0.25, 0.3) is 16.6 Å². The molecule has 4 aromatic rings. The molecule has 3 N–H and O–H groups in total. The number of piperidine rings is 1. The first kappa shape index (κ1) is 22.0. The fraction of sp³-hybridized carbons (Fsp3) is 0.500. The lowest BCUT2D eigenvalue weighted by Gasteiger charge is -2.32. The van der Waals surface area contributed by atoms with Gasteiger partial charge in [-0.05, 0) is 45.1 Å². The first-order valence-electron chi connectivity index (χ1n) is 12.0. The summed E-state index contributed by atoms with van der Waals surface area (Å²) in [6.45, 7) is 3.54. The van der Waals surface area contributed by atoms with E-state index in [1.165, 1.54) is 23.8 Å². The van der Waals surface area contributed by atoms with Crippen LogP contribution in [0.15, 0.2) is 24.5 Å². The number of hydrogen-bond donors (Lipinski definition) is 2. The number of hydrogen-bond acceptors (Lipinski definition) is 8. The highest BCUT2D eigenvalue weighted by atomic mass is 19.1. The average Bonchev–Trinajstić information content (AvgIpc) is 3.57. The van der Waals surface area contributed by atoms with Crippen molar-refractivity contribution < 1.29 is 14.2 Å². The van der Waals surface area contributed by atoms with Crippen LogP contribution in [-0.4, -0.2) is 60.3 Å². The van der Waals surface area contributed by atoms with E-state index in [2.05, 4.69) is 20.1 Å². The van der Waals surface area contributed by atoms with Gasteiger partial charge in [0.05, 0.1) is 36.2 Å². The van der Waals surface area contributed by atoms with E-state index in [1.807, 2.05) is 24.0 Å². The van der Waals surface area contributed by atoms with Gasteiger partial charge in [-0.25, -0.2) is 14.4 Å². The second kappa shape index (κ2) is 8.04. The van der Waals surface area contributed by atoms with Crippen LogP contribution in [0, 0.1) is 5.82 Å². The summed E-state index contributed by atoms with van der Waals surface area (Å²) in [6, 6.07) is 2.89. The molecule has 2 aliphatic rings. The average molecular weight is 481 g/mol. The van der Waals surface area contributed by atoms with Crippen LogP contribution in [0.2, 0.25) is 0 Å². The molecule has 35 heavy (non-hydrogen) atoms. The Morgan fingerprint density at radius 1 is 1.23 bits per heavy atom. The zero-order valence-electron chi connectivity index (χ0n) is 19.9. The summed E-state index contributed by atoms with van der Waals surface area (Å²) in [5.41, 5.74) is 7.46. The van der Waals surface area contributed by atoms with Crippen molar-refractivity contribution in [2.24, 2.45) is 0 Å². The molecule has 1 saturated heterocycles. The molecule has 3 aromatic heterocycles. The predicted molar refractivity (Wildman–Crippen MR) is 129 cm³/mol. The van der Waals surface area contributed by atoms with E-state index in [0.29, 0.717) is 22.4 Å². The number of fused-ring (bicyclic) bond motifs is 3. The molecule has 11 heteroatoms. The largest absolute Gasteiger partial charge is 0.494 e. The number of aromatic nitrogens is 6. The highest BCUT2D eigenvalue weighted by Crippen LogP contribution is 2.39. The monoisotopic (exact) mass is 480 g/mol. The Labute approximate surface area is 201 Å². The molecule has 2 fully saturated rings. The van der Waals surface area contributed by atoms with Gasteiger partial charge in [0.25, 0.3) is 0 Å². The highest BCUT2D eigenvalue weighted by molar-refractivity contribution is 5.93. The van der Waals surface area contributed by atoms with Gasteiger partial charge in [-0.2, -0.15) is 9.61 Å². The van der Waals surface area contributed by atoms with E-state index in [-0.39, 0.29) is 23.7 Å². The molecule has 1 aliphatic heterocycles. The van der Waals surface area contributed by atoms with Crippen molar-refractivity contribution in [1.82, 2.24) is 29.4 Å². The van der Waals surface area contributed by atoms with Crippen molar-refractivity contribution in [2.45, 2.75) is 56.6 Å². The molecule has 10 nitrogen and oxygen atoms in total. The molecule has 4 heterocycles. The second-order valence-corrected chi connectivity index (χ2v) is 9.91. The number of nitrogen functional groups attached to an aromatic ring is 1. The summed E-state index contributed by atoms with van der Waals surface area (Å²) in [5, 5.41) is 20.5. The summed E-state index contributed by atoms with van der Waals surface area (Å²) in [4.78, 5) is 11.4. The number of halogens is 1. The van der Waals surface area contributed by atoms with E-state index < -0.39 is 11.4 Å². The molecular weight excluding hydrogens is 451 g/mol. The zero-order chi connectivity index (χ0) is 24.3. The van der Waals surface area contributed by atoms with E-state index in [4.69, 9.17) is 15.5 Å². The van der Waals surface area contributed by atoms with Crippen LogP contribution >= 0.6 is 0 Å². The highest BCUT2D eigenvalue weighted by Gasteiger charge is 2.39. The van der Waals surface area contributed by atoms with Gasteiger partial charge < -0.3 is 20.5 Å². The van der Waals surface area contributed by atoms with Crippen molar-refractivity contribution in [3.8, 4) is 5.75 Å². The molecule has 1 aliphatic carbocycles. The van der Waals surface area contributed by atoms with E-state index in [1.54, 1.807) is 0 Å². The first-order valence-corrected chi connectivity index (χ1v) is 12.0. The molecule has 0 bridgehead atoms. The topological polar surface area (TPSA) is 120 Å². The molecule has 184 valence electrons. The Balaban J connectivity index is 1.30. The third-order valence-corrected chi connectivity index (χ3v) is 7.52. The number of anilines is 2. The SMILES string of the molecule is COc1cc2nc(N)n3nc([C@@H]4CCCN(c5cnn([C@H]6CCC[C@]6(C)O)c5)C4)nc3c2cc1F. The molecule has 1 saturated carbocycles. The van der Waals surface area contributed by atoms with Crippen molar-refractivity contribution in [1.29, 1.82) is 0 Å². The van der Waals surface area contributed by atoms with Crippen molar-refractivity contribution >= 4 is 28.2 Å². The van der Waals surface area contributed by atoms with E-state index in [0.717, 1.165) is 50.9 Å². The van der Waals surface area contributed by atoms with Crippen LogP contribution < -0.4 is 15.4 Å². The molecule has 6 rings (SSSR count). The summed E-state index contributed by atoms with van der Waals surface area (Å²) >= 11 is 0. The summed E-state index contributed by atoms with van der Waals surface area (Å²) in [6.07, 6.45) is 8.55. The number of benzene rings is 1. The van der Waals surface area contributed by atoms with Crippen LogP contribution in [0.4, 0.5) is 16.0 Å². The summed E-state index contributed by atoms with van der Waals surface area (Å²) in [7, 11) is 1.41. The molecule has 0 spiro atoms. The van der Waals surface area contributed by atoms with Gasteiger partial charge in [-0.1, -0.05) is 0 Å². The Hall–Kier alpha value is -3.47. The quantitative estimate of drug-likeness (QED) is 0.457. The standard InChI is InChI=1S/C24H29FN8O2/c1-24(34)7-3-6-20(24)32-13-15(11-27-32)31-8-4-5-14(12-31)21-29-22-16-9-17(25)19(35-2)10-18(16)28-23(26)33(22)30-21/h9-11,13-14,20,34H,3-8,12H2,1-2H3,(H2,26,28)/t14-,20+,24+/m1/s1. The Morgan fingerprint density at radius 3 is 2.86 bits per heavy atom. The molecule has 0 radical (unpaired) electrons. The number of rotatable bonds is 4. The number of aliphatic hydroxyl groups is 1. The number of methoxy groups -OCH3 is 1. The fourth-order valence-corrected chi connectivity index (χ4v) is 5.61. The fourth-order valence-electron chi connectivity index (χ4n) is 5.61. The van der Waals surface area contributed by atoms with E-state index in [9.17, 15) is 9.50 Å². The molecular formula is C24H29FN8O2. The maximum Gasteiger partial charge on any atom is 0.223 e. The van der Waals surface area contributed by atoms with Gasteiger partial charge >= 0.3 is 0 Å². The van der Waals surface area contributed by atoms with Crippen LogP contribution in [0.3, 0.4) is 0 Å². The second-order valence-electron chi connectivity index (χ2n) is 9.91. The summed E-state index contributed by atoms with van der Waals surface area (Å²) < 4.78 is 22.9. The normalized spacial score (nSPS) is 25.1.